The highest BCUT2D eigenvalue weighted by Crippen LogP contribution is 2.37. The molecule has 1 saturated heterocycles. The fourth-order valence-electron chi connectivity index (χ4n) is 4.17. The molecule has 1 aromatic heterocycles. The number of amides is 2. The van der Waals surface area contributed by atoms with Gasteiger partial charge in [-0.2, -0.15) is 0 Å². The predicted octanol–water partition coefficient (Wildman–Crippen LogP) is 3.61. The maximum atomic E-state index is 13.3. The van der Waals surface area contributed by atoms with Crippen LogP contribution in [0.5, 0.6) is 0 Å². The number of carbonyl (C=O) groups is 2. The van der Waals surface area contributed by atoms with Crippen molar-refractivity contribution in [3.05, 3.63) is 67.0 Å². The molecule has 1 N–H and O–H groups in total. The minimum atomic E-state index is -0.648. The van der Waals surface area contributed by atoms with Crippen LogP contribution in [0, 0.1) is 5.41 Å². The Morgan fingerprint density at radius 1 is 1.28 bits per heavy atom. The summed E-state index contributed by atoms with van der Waals surface area (Å²) in [5, 5.41) is 2.99. The summed E-state index contributed by atoms with van der Waals surface area (Å²) >= 11 is 0. The van der Waals surface area contributed by atoms with Crippen LogP contribution in [0.3, 0.4) is 0 Å². The van der Waals surface area contributed by atoms with Gasteiger partial charge in [0.1, 0.15) is 0 Å². The molecule has 1 aliphatic heterocycles. The van der Waals surface area contributed by atoms with Crippen molar-refractivity contribution in [3.63, 3.8) is 0 Å². The van der Waals surface area contributed by atoms with E-state index in [0.29, 0.717) is 32.5 Å². The quantitative estimate of drug-likeness (QED) is 0.734. The van der Waals surface area contributed by atoms with Crippen molar-refractivity contribution < 1.29 is 9.59 Å². The molecule has 0 unspecified atom stereocenters. The number of pyridine rings is 1. The zero-order chi connectivity index (χ0) is 20.7. The molecule has 29 heavy (non-hydrogen) atoms. The van der Waals surface area contributed by atoms with Gasteiger partial charge in [-0.1, -0.05) is 43.3 Å². The van der Waals surface area contributed by atoms with Crippen LogP contribution in [0.4, 0.5) is 0 Å². The highest BCUT2D eigenvalue weighted by Gasteiger charge is 2.43. The summed E-state index contributed by atoms with van der Waals surface area (Å²) in [6, 6.07) is 12.1. The van der Waals surface area contributed by atoms with E-state index in [-0.39, 0.29) is 11.8 Å². The van der Waals surface area contributed by atoms with E-state index < -0.39 is 5.41 Å². The molecule has 1 atom stereocenters. The first-order chi connectivity index (χ1) is 14.1. The first-order valence-corrected chi connectivity index (χ1v) is 10.2. The maximum Gasteiger partial charge on any atom is 0.228 e. The van der Waals surface area contributed by atoms with Crippen LogP contribution in [0.25, 0.3) is 11.1 Å². The number of aromatic nitrogens is 1. The Bertz CT molecular complexity index is 865. The number of piperidine rings is 1. The number of nitrogens with one attached hydrogen (secondary N) is 1. The second-order valence-electron chi connectivity index (χ2n) is 7.63. The Labute approximate surface area is 172 Å². The molecule has 0 spiro atoms. The Hall–Kier alpha value is -2.95. The van der Waals surface area contributed by atoms with Crippen LogP contribution < -0.4 is 5.32 Å². The van der Waals surface area contributed by atoms with Gasteiger partial charge in [-0.15, -0.1) is 6.58 Å². The predicted molar refractivity (Wildman–Crippen MR) is 115 cm³/mol. The van der Waals surface area contributed by atoms with Crippen molar-refractivity contribution in [1.29, 1.82) is 0 Å². The standard InChI is InChI=1S/C24H29N3O2/c1-3-13-26-23(29)24(12-8-15-27(18-24)22(28)4-2)16-19-9-5-6-11-21(19)20-10-7-14-25-17-20/h3,5-7,9-11,14,17H,1,4,8,12-13,15-16,18H2,2H3,(H,26,29)/t24-/m0/s1. The van der Waals surface area contributed by atoms with Crippen LogP contribution in [0.2, 0.25) is 0 Å². The van der Waals surface area contributed by atoms with Crippen molar-refractivity contribution in [2.45, 2.75) is 32.6 Å². The first kappa shape index (κ1) is 20.8. The van der Waals surface area contributed by atoms with E-state index in [9.17, 15) is 9.59 Å². The second-order valence-corrected chi connectivity index (χ2v) is 7.63. The molecule has 152 valence electrons. The van der Waals surface area contributed by atoms with Gasteiger partial charge in [0.15, 0.2) is 0 Å². The SMILES string of the molecule is C=CCNC(=O)[C@]1(Cc2ccccc2-c2cccnc2)CCCN(C(=O)CC)C1. The Morgan fingerprint density at radius 2 is 2.10 bits per heavy atom. The lowest BCUT2D eigenvalue weighted by Crippen LogP contribution is -2.54. The molecule has 5 nitrogen and oxygen atoms in total. The summed E-state index contributed by atoms with van der Waals surface area (Å²) < 4.78 is 0. The monoisotopic (exact) mass is 391 g/mol. The van der Waals surface area contributed by atoms with Gasteiger partial charge in [-0.25, -0.2) is 0 Å². The van der Waals surface area contributed by atoms with Crippen molar-refractivity contribution in [2.24, 2.45) is 5.41 Å². The molecular formula is C24H29N3O2. The van der Waals surface area contributed by atoms with Gasteiger partial charge in [-0.3, -0.25) is 14.6 Å². The number of likely N-dealkylation sites (tertiary alicyclic amines) is 1. The molecule has 0 radical (unpaired) electrons. The lowest BCUT2D eigenvalue weighted by molar-refractivity contribution is -0.141. The summed E-state index contributed by atoms with van der Waals surface area (Å²) in [6.45, 7) is 7.16. The molecule has 0 aliphatic carbocycles. The molecule has 5 heteroatoms. The van der Waals surface area contributed by atoms with Gasteiger partial charge in [0.05, 0.1) is 5.41 Å². The highest BCUT2D eigenvalue weighted by molar-refractivity contribution is 5.85. The number of carbonyl (C=O) groups excluding carboxylic acids is 2. The Kier molecular flexibility index (Phi) is 6.81. The van der Waals surface area contributed by atoms with Crippen molar-refractivity contribution in [2.75, 3.05) is 19.6 Å². The van der Waals surface area contributed by atoms with E-state index in [4.69, 9.17) is 0 Å². The van der Waals surface area contributed by atoms with Crippen LogP contribution >= 0.6 is 0 Å². The van der Waals surface area contributed by atoms with Crippen LogP contribution in [-0.2, 0) is 16.0 Å². The molecule has 1 aliphatic rings. The molecular weight excluding hydrogens is 362 g/mol. The average molecular weight is 392 g/mol. The second kappa shape index (κ2) is 9.50. The third kappa shape index (κ3) is 4.73. The number of hydrogen-bond donors (Lipinski definition) is 1. The summed E-state index contributed by atoms with van der Waals surface area (Å²) in [7, 11) is 0. The van der Waals surface area contributed by atoms with Crippen molar-refractivity contribution in [1.82, 2.24) is 15.2 Å². The summed E-state index contributed by atoms with van der Waals surface area (Å²) in [5.41, 5.74) is 2.56. The molecule has 2 amide bonds. The van der Waals surface area contributed by atoms with Crippen LogP contribution in [0.15, 0.2) is 61.4 Å². The third-order valence-electron chi connectivity index (χ3n) is 5.64. The number of rotatable bonds is 7. The smallest absolute Gasteiger partial charge is 0.228 e. The van der Waals surface area contributed by atoms with Gasteiger partial charge in [0, 0.05) is 44.0 Å². The zero-order valence-corrected chi connectivity index (χ0v) is 17.1. The van der Waals surface area contributed by atoms with Gasteiger partial charge in [0.2, 0.25) is 11.8 Å². The van der Waals surface area contributed by atoms with Crippen molar-refractivity contribution in [3.8, 4) is 11.1 Å². The van der Waals surface area contributed by atoms with Gasteiger partial charge >= 0.3 is 0 Å². The molecule has 0 saturated carbocycles. The molecule has 3 rings (SSSR count). The minimum absolute atomic E-state index is 0.00741. The number of nitrogens with zero attached hydrogens (tertiary/aromatic N) is 2. The third-order valence-corrected chi connectivity index (χ3v) is 5.64. The summed E-state index contributed by atoms with van der Waals surface area (Å²) in [5.74, 6) is 0.0955. The normalized spacial score (nSPS) is 18.9. The maximum absolute atomic E-state index is 13.3. The van der Waals surface area contributed by atoms with Gasteiger partial charge in [-0.05, 0) is 36.5 Å². The molecule has 1 fully saturated rings. The number of benzene rings is 1. The average Bonchev–Trinajstić information content (AvgIpc) is 2.78. The van der Waals surface area contributed by atoms with E-state index >= 15 is 0 Å². The first-order valence-electron chi connectivity index (χ1n) is 10.2. The molecule has 2 aromatic rings. The fraction of sp³-hybridized carbons (Fsp3) is 0.375. The van der Waals surface area contributed by atoms with Crippen molar-refractivity contribution >= 4 is 11.8 Å². The molecule has 1 aromatic carbocycles. The van der Waals surface area contributed by atoms with Gasteiger partial charge in [0.25, 0.3) is 0 Å². The Morgan fingerprint density at radius 3 is 2.83 bits per heavy atom. The Balaban J connectivity index is 1.97. The topological polar surface area (TPSA) is 62.3 Å². The molecule has 0 bridgehead atoms. The summed E-state index contributed by atoms with van der Waals surface area (Å²) in [6.07, 6.45) is 7.90. The fourth-order valence-corrected chi connectivity index (χ4v) is 4.17. The van der Waals surface area contributed by atoms with E-state index in [1.54, 1.807) is 12.3 Å². The van der Waals surface area contributed by atoms with E-state index in [1.165, 1.54) is 0 Å². The highest BCUT2D eigenvalue weighted by atomic mass is 16.2. The minimum Gasteiger partial charge on any atom is -0.352 e. The van der Waals surface area contributed by atoms with Gasteiger partial charge < -0.3 is 10.2 Å². The van der Waals surface area contributed by atoms with E-state index in [1.807, 2.05) is 42.3 Å². The summed E-state index contributed by atoms with van der Waals surface area (Å²) in [4.78, 5) is 31.8. The van der Waals surface area contributed by atoms with E-state index in [0.717, 1.165) is 29.5 Å². The lowest BCUT2D eigenvalue weighted by atomic mass is 9.73. The van der Waals surface area contributed by atoms with Crippen LogP contribution in [-0.4, -0.2) is 41.3 Å². The molecule has 2 heterocycles. The zero-order valence-electron chi connectivity index (χ0n) is 17.1. The number of hydrogen-bond acceptors (Lipinski definition) is 3. The lowest BCUT2D eigenvalue weighted by Gasteiger charge is -2.42. The van der Waals surface area contributed by atoms with E-state index in [2.05, 4.69) is 29.0 Å². The van der Waals surface area contributed by atoms with Crippen LogP contribution in [0.1, 0.15) is 31.7 Å². The largest absolute Gasteiger partial charge is 0.352 e.